The van der Waals surface area contributed by atoms with Crippen LogP contribution in [0, 0.1) is 6.92 Å². The molecule has 1 aromatic carbocycles. The van der Waals surface area contributed by atoms with E-state index in [1.54, 1.807) is 6.07 Å². The van der Waals surface area contributed by atoms with Crippen molar-refractivity contribution in [3.63, 3.8) is 0 Å². The molecule has 5 heteroatoms. The van der Waals surface area contributed by atoms with E-state index in [0.29, 0.717) is 25.4 Å². The lowest BCUT2D eigenvalue weighted by molar-refractivity contribution is 0.00821. The number of aromatic hydroxyl groups is 1. The topological polar surface area (TPSA) is 56.2 Å². The number of phenolic OH excluding ortho intramolecular Hbond substituents is 1. The van der Waals surface area contributed by atoms with Gasteiger partial charge in [0, 0.05) is 38.3 Å². The number of morpholine rings is 1. The van der Waals surface area contributed by atoms with E-state index in [1.165, 1.54) is 0 Å². The van der Waals surface area contributed by atoms with Crippen LogP contribution in [0.5, 0.6) is 5.75 Å². The molecule has 2 N–H and O–H groups in total. The first-order valence-electron chi connectivity index (χ1n) is 7.50. The second kappa shape index (κ2) is 7.75. The number of nitrogens with zero attached hydrogens (tertiary/aromatic N) is 2. The first-order chi connectivity index (χ1) is 10.0. The van der Waals surface area contributed by atoms with Crippen LogP contribution in [0.4, 0.5) is 0 Å². The van der Waals surface area contributed by atoms with Crippen molar-refractivity contribution in [2.45, 2.75) is 19.6 Å². The molecular formula is C16H26N2O3. The zero-order valence-corrected chi connectivity index (χ0v) is 13.0. The fourth-order valence-corrected chi connectivity index (χ4v) is 2.70. The van der Waals surface area contributed by atoms with Crippen molar-refractivity contribution in [2.75, 3.05) is 46.4 Å². The first-order valence-corrected chi connectivity index (χ1v) is 7.50. The average molecular weight is 294 g/mol. The van der Waals surface area contributed by atoms with Crippen molar-refractivity contribution in [3.05, 3.63) is 29.3 Å². The normalized spacial score (nSPS) is 18.1. The summed E-state index contributed by atoms with van der Waals surface area (Å²) in [6.45, 7) is 7.18. The van der Waals surface area contributed by atoms with Crippen LogP contribution in [0.15, 0.2) is 18.2 Å². The van der Waals surface area contributed by atoms with Crippen molar-refractivity contribution < 1.29 is 14.9 Å². The summed E-state index contributed by atoms with van der Waals surface area (Å²) in [5, 5.41) is 20.1. The summed E-state index contributed by atoms with van der Waals surface area (Å²) >= 11 is 0. The number of phenols is 1. The molecule has 118 valence electrons. The molecule has 5 nitrogen and oxygen atoms in total. The minimum atomic E-state index is -0.389. The fourth-order valence-electron chi connectivity index (χ4n) is 2.70. The van der Waals surface area contributed by atoms with Crippen LogP contribution < -0.4 is 0 Å². The molecule has 1 heterocycles. The van der Waals surface area contributed by atoms with Crippen LogP contribution in [-0.4, -0.2) is 72.6 Å². The van der Waals surface area contributed by atoms with E-state index in [0.717, 1.165) is 37.4 Å². The van der Waals surface area contributed by atoms with Crippen LogP contribution in [0.3, 0.4) is 0 Å². The molecule has 1 saturated heterocycles. The van der Waals surface area contributed by atoms with Crippen molar-refractivity contribution >= 4 is 0 Å². The number of hydrogen-bond acceptors (Lipinski definition) is 5. The summed E-state index contributed by atoms with van der Waals surface area (Å²) in [6, 6.07) is 5.61. The minimum absolute atomic E-state index is 0.315. The Bertz CT molecular complexity index is 447. The minimum Gasteiger partial charge on any atom is -0.508 e. The second-order valence-corrected chi connectivity index (χ2v) is 5.90. The predicted octanol–water partition coefficient (Wildman–Crippen LogP) is 0.826. The highest BCUT2D eigenvalue weighted by Gasteiger charge is 2.16. The summed E-state index contributed by atoms with van der Waals surface area (Å²) in [4.78, 5) is 4.27. The Hall–Kier alpha value is -1.14. The number of likely N-dealkylation sites (N-methyl/N-ethyl adjacent to an activating group) is 1. The van der Waals surface area contributed by atoms with Gasteiger partial charge in [-0.3, -0.25) is 9.80 Å². The summed E-state index contributed by atoms with van der Waals surface area (Å²) < 4.78 is 5.30. The molecule has 0 bridgehead atoms. The molecule has 1 aliphatic heterocycles. The average Bonchev–Trinajstić information content (AvgIpc) is 2.43. The number of β-amino-alcohol motifs (C(OH)–C–C–N with tert-alkyl or cyclic N) is 1. The Balaban J connectivity index is 1.80. The van der Waals surface area contributed by atoms with Crippen molar-refractivity contribution in [1.82, 2.24) is 9.80 Å². The molecule has 21 heavy (non-hydrogen) atoms. The van der Waals surface area contributed by atoms with Gasteiger partial charge in [-0.15, -0.1) is 0 Å². The highest BCUT2D eigenvalue weighted by atomic mass is 16.5. The Labute approximate surface area is 126 Å². The van der Waals surface area contributed by atoms with E-state index in [1.807, 2.05) is 31.0 Å². The molecular weight excluding hydrogens is 268 g/mol. The van der Waals surface area contributed by atoms with Gasteiger partial charge in [-0.1, -0.05) is 17.7 Å². The van der Waals surface area contributed by atoms with Gasteiger partial charge in [0.25, 0.3) is 0 Å². The third-order valence-electron chi connectivity index (χ3n) is 3.77. The molecule has 1 unspecified atom stereocenters. The lowest BCUT2D eigenvalue weighted by Crippen LogP contribution is -2.43. The third kappa shape index (κ3) is 5.28. The van der Waals surface area contributed by atoms with E-state index in [9.17, 15) is 10.2 Å². The number of aryl methyl sites for hydroxylation is 1. The van der Waals surface area contributed by atoms with E-state index in [2.05, 4.69) is 4.90 Å². The van der Waals surface area contributed by atoms with Crippen LogP contribution in [0.25, 0.3) is 0 Å². The zero-order valence-electron chi connectivity index (χ0n) is 13.0. The van der Waals surface area contributed by atoms with Gasteiger partial charge in [0.05, 0.1) is 19.3 Å². The Morgan fingerprint density at radius 3 is 2.76 bits per heavy atom. The molecule has 0 aliphatic carbocycles. The summed E-state index contributed by atoms with van der Waals surface area (Å²) in [7, 11) is 1.96. The standard InChI is InChI=1S/C16H26N2O3/c1-13-3-4-16(20)14(9-13)10-17(2)11-15(19)12-18-5-7-21-8-6-18/h3-4,9,15,19-20H,5-8,10-12H2,1-2H3. The van der Waals surface area contributed by atoms with E-state index >= 15 is 0 Å². The largest absolute Gasteiger partial charge is 0.508 e. The molecule has 2 rings (SSSR count). The van der Waals surface area contributed by atoms with Crippen LogP contribution in [0.1, 0.15) is 11.1 Å². The maximum Gasteiger partial charge on any atom is 0.120 e. The molecule has 0 spiro atoms. The van der Waals surface area contributed by atoms with Crippen molar-refractivity contribution in [3.8, 4) is 5.75 Å². The quantitative estimate of drug-likeness (QED) is 0.814. The zero-order chi connectivity index (χ0) is 15.2. The van der Waals surface area contributed by atoms with Crippen LogP contribution in [0.2, 0.25) is 0 Å². The molecule has 1 atom stereocenters. The van der Waals surface area contributed by atoms with Gasteiger partial charge in [0.2, 0.25) is 0 Å². The molecule has 0 amide bonds. The molecule has 1 aromatic rings. The monoisotopic (exact) mass is 294 g/mol. The molecule has 0 radical (unpaired) electrons. The number of aliphatic hydroxyl groups excluding tert-OH is 1. The van der Waals surface area contributed by atoms with Gasteiger partial charge in [0.1, 0.15) is 5.75 Å². The SMILES string of the molecule is Cc1ccc(O)c(CN(C)CC(O)CN2CCOCC2)c1. The van der Waals surface area contributed by atoms with Crippen molar-refractivity contribution in [1.29, 1.82) is 0 Å². The maximum atomic E-state index is 10.2. The third-order valence-corrected chi connectivity index (χ3v) is 3.77. The van der Waals surface area contributed by atoms with E-state index in [4.69, 9.17) is 4.74 Å². The summed E-state index contributed by atoms with van der Waals surface area (Å²) in [5.41, 5.74) is 2.03. The van der Waals surface area contributed by atoms with Gasteiger partial charge < -0.3 is 14.9 Å². The number of hydrogen-bond donors (Lipinski definition) is 2. The number of rotatable bonds is 6. The fraction of sp³-hybridized carbons (Fsp3) is 0.625. The Kier molecular flexibility index (Phi) is 5.99. The molecule has 1 aliphatic rings. The maximum absolute atomic E-state index is 10.2. The summed E-state index contributed by atoms with van der Waals surface area (Å²) in [5.74, 6) is 0.315. The smallest absolute Gasteiger partial charge is 0.120 e. The highest BCUT2D eigenvalue weighted by Crippen LogP contribution is 2.19. The molecule has 0 saturated carbocycles. The highest BCUT2D eigenvalue weighted by molar-refractivity contribution is 5.35. The number of aliphatic hydroxyl groups is 1. The van der Waals surface area contributed by atoms with E-state index < -0.39 is 0 Å². The number of benzene rings is 1. The molecule has 0 aromatic heterocycles. The Morgan fingerprint density at radius 1 is 1.33 bits per heavy atom. The van der Waals surface area contributed by atoms with Crippen molar-refractivity contribution in [2.24, 2.45) is 0 Å². The first kappa shape index (κ1) is 16.2. The lowest BCUT2D eigenvalue weighted by atomic mass is 10.1. The summed E-state index contributed by atoms with van der Waals surface area (Å²) in [6.07, 6.45) is -0.389. The number of ether oxygens (including phenoxy) is 1. The lowest BCUT2D eigenvalue weighted by Gasteiger charge is -2.30. The van der Waals surface area contributed by atoms with Gasteiger partial charge in [0.15, 0.2) is 0 Å². The van der Waals surface area contributed by atoms with Gasteiger partial charge >= 0.3 is 0 Å². The Morgan fingerprint density at radius 2 is 2.05 bits per heavy atom. The van der Waals surface area contributed by atoms with Crippen LogP contribution in [-0.2, 0) is 11.3 Å². The second-order valence-electron chi connectivity index (χ2n) is 5.90. The van der Waals surface area contributed by atoms with Gasteiger partial charge in [-0.05, 0) is 20.0 Å². The van der Waals surface area contributed by atoms with E-state index in [-0.39, 0.29) is 6.10 Å². The van der Waals surface area contributed by atoms with Gasteiger partial charge in [-0.2, -0.15) is 0 Å². The van der Waals surface area contributed by atoms with Crippen LogP contribution >= 0.6 is 0 Å². The molecule has 1 fully saturated rings. The predicted molar refractivity (Wildman–Crippen MR) is 82.4 cm³/mol. The van der Waals surface area contributed by atoms with Gasteiger partial charge in [-0.25, -0.2) is 0 Å².